The summed E-state index contributed by atoms with van der Waals surface area (Å²) in [5.41, 5.74) is -1.96. The Hall–Kier alpha value is -3.41. The Morgan fingerprint density at radius 3 is 2.44 bits per heavy atom. The molecule has 1 saturated carbocycles. The highest BCUT2D eigenvalue weighted by Gasteiger charge is 2.38. The minimum absolute atomic E-state index is 0.162. The number of anilines is 1. The molecule has 0 bridgehead atoms. The summed E-state index contributed by atoms with van der Waals surface area (Å²) in [7, 11) is 3.78. The minimum Gasteiger partial charge on any atom is -0.490 e. The molecule has 34 heavy (non-hydrogen) atoms. The fourth-order valence-electron chi connectivity index (χ4n) is 3.44. The van der Waals surface area contributed by atoms with Crippen molar-refractivity contribution in [1.82, 2.24) is 4.90 Å². The lowest BCUT2D eigenvalue weighted by Crippen LogP contribution is -2.46. The largest absolute Gasteiger partial charge is 0.490 e. The quantitative estimate of drug-likeness (QED) is 0.315. The number of ether oxygens (including phenoxy) is 2. The number of carbonyl (C=O) groups is 1. The topological polar surface area (TPSA) is 93.9 Å². The van der Waals surface area contributed by atoms with Gasteiger partial charge in [0.2, 0.25) is 0 Å². The van der Waals surface area contributed by atoms with Crippen LogP contribution in [-0.2, 0) is 6.18 Å². The van der Waals surface area contributed by atoms with E-state index in [1.54, 1.807) is 0 Å². The van der Waals surface area contributed by atoms with Crippen molar-refractivity contribution >= 4 is 17.3 Å². The third-order valence-electron chi connectivity index (χ3n) is 5.39. The summed E-state index contributed by atoms with van der Waals surface area (Å²) in [4.78, 5) is 25.0. The molecule has 0 unspecified atom stereocenters. The average Bonchev–Trinajstić information content (AvgIpc) is 2.73. The normalized spacial score (nSPS) is 17.7. The zero-order chi connectivity index (χ0) is 25.0. The van der Waals surface area contributed by atoms with E-state index in [4.69, 9.17) is 9.47 Å². The molecule has 0 heterocycles. The molecule has 2 aromatic rings. The van der Waals surface area contributed by atoms with Crippen LogP contribution in [-0.4, -0.2) is 55.3 Å². The Kier molecular flexibility index (Phi) is 7.60. The van der Waals surface area contributed by atoms with E-state index in [0.29, 0.717) is 12.8 Å². The van der Waals surface area contributed by atoms with Gasteiger partial charge in [0.25, 0.3) is 5.91 Å². The van der Waals surface area contributed by atoms with Crippen molar-refractivity contribution in [3.05, 3.63) is 57.6 Å². The van der Waals surface area contributed by atoms with Crippen LogP contribution in [0.4, 0.5) is 28.9 Å². The third-order valence-corrected chi connectivity index (χ3v) is 5.39. The van der Waals surface area contributed by atoms with Crippen molar-refractivity contribution in [3.8, 4) is 11.5 Å². The second kappa shape index (κ2) is 10.2. The lowest BCUT2D eigenvalue weighted by atomic mass is 9.88. The number of rotatable bonds is 9. The number of amides is 1. The summed E-state index contributed by atoms with van der Waals surface area (Å²) in [6, 6.07) is 6.62. The van der Waals surface area contributed by atoms with Gasteiger partial charge in [-0.2, -0.15) is 13.2 Å². The second-order valence-electron chi connectivity index (χ2n) is 7.97. The van der Waals surface area contributed by atoms with Crippen LogP contribution in [0.25, 0.3) is 0 Å². The number of hydrogen-bond acceptors (Lipinski definition) is 6. The summed E-state index contributed by atoms with van der Waals surface area (Å²) in [5.74, 6) is -1.43. The predicted molar refractivity (Wildman–Crippen MR) is 115 cm³/mol. The Bertz CT molecular complexity index is 1060. The highest BCUT2D eigenvalue weighted by molar-refractivity contribution is 6.05. The molecule has 1 aliphatic carbocycles. The van der Waals surface area contributed by atoms with Crippen molar-refractivity contribution in [2.45, 2.75) is 31.2 Å². The van der Waals surface area contributed by atoms with E-state index in [0.717, 1.165) is 24.3 Å². The van der Waals surface area contributed by atoms with Gasteiger partial charge in [-0.3, -0.25) is 14.9 Å². The van der Waals surface area contributed by atoms with Gasteiger partial charge in [-0.15, -0.1) is 0 Å². The molecule has 1 aliphatic rings. The maximum Gasteiger partial charge on any atom is 0.420 e. The molecule has 3 rings (SSSR count). The van der Waals surface area contributed by atoms with E-state index in [1.807, 2.05) is 19.0 Å². The van der Waals surface area contributed by atoms with E-state index < -0.39 is 41.5 Å². The minimum atomic E-state index is -4.73. The van der Waals surface area contributed by atoms with Crippen molar-refractivity contribution in [3.63, 3.8) is 0 Å². The van der Waals surface area contributed by atoms with Crippen molar-refractivity contribution in [1.29, 1.82) is 0 Å². The number of hydrogen-bond donors (Lipinski definition) is 1. The van der Waals surface area contributed by atoms with E-state index in [1.165, 1.54) is 12.1 Å². The summed E-state index contributed by atoms with van der Waals surface area (Å²) >= 11 is 0. The predicted octanol–water partition coefficient (Wildman–Crippen LogP) is 4.69. The van der Waals surface area contributed by atoms with Crippen molar-refractivity contribution in [2.24, 2.45) is 0 Å². The maximum absolute atomic E-state index is 13.6. The number of alkyl halides is 4. The van der Waals surface area contributed by atoms with Crippen LogP contribution in [0.15, 0.2) is 36.4 Å². The molecule has 0 aliphatic heterocycles. The first-order valence-electron chi connectivity index (χ1n) is 10.3. The summed E-state index contributed by atoms with van der Waals surface area (Å²) in [5, 5.41) is 13.5. The Morgan fingerprint density at radius 1 is 1.18 bits per heavy atom. The molecule has 1 fully saturated rings. The van der Waals surface area contributed by atoms with E-state index in [9.17, 15) is 32.5 Å². The van der Waals surface area contributed by atoms with Crippen molar-refractivity contribution < 1.29 is 36.8 Å². The first-order valence-corrected chi connectivity index (χ1v) is 10.3. The van der Waals surface area contributed by atoms with Gasteiger partial charge >= 0.3 is 11.9 Å². The molecule has 0 radical (unpaired) electrons. The van der Waals surface area contributed by atoms with Gasteiger partial charge in [0, 0.05) is 23.4 Å². The monoisotopic (exact) mass is 485 g/mol. The molecule has 0 spiro atoms. The molecule has 1 N–H and O–H groups in total. The number of nitrogens with zero attached hydrogens (tertiary/aromatic N) is 2. The Labute approximate surface area is 192 Å². The van der Waals surface area contributed by atoms with Crippen LogP contribution < -0.4 is 14.8 Å². The maximum atomic E-state index is 13.6. The molecule has 0 atom stereocenters. The number of nitro benzene ring substituents is 1. The fraction of sp³-hybridized carbons (Fsp3) is 0.409. The molecule has 0 saturated heterocycles. The van der Waals surface area contributed by atoms with Gasteiger partial charge < -0.3 is 19.7 Å². The lowest BCUT2D eigenvalue weighted by molar-refractivity contribution is -0.385. The highest BCUT2D eigenvalue weighted by atomic mass is 19.4. The van der Waals surface area contributed by atoms with Crippen LogP contribution in [0.5, 0.6) is 11.5 Å². The first-order chi connectivity index (χ1) is 16.0. The van der Waals surface area contributed by atoms with Crippen LogP contribution in [0.2, 0.25) is 0 Å². The zero-order valence-corrected chi connectivity index (χ0v) is 18.4. The molecular weight excluding hydrogens is 462 g/mol. The number of nitro groups is 1. The second-order valence-corrected chi connectivity index (χ2v) is 7.97. The van der Waals surface area contributed by atoms with Crippen LogP contribution in [0, 0.1) is 10.1 Å². The van der Waals surface area contributed by atoms with Crippen LogP contribution >= 0.6 is 0 Å². The SMILES string of the molecule is CN(C)C1CC(Oc2ccc(NC(=O)c3ccc(OCCF)c([N+](=O)[O-])c3)cc2C(F)(F)F)C1. The highest BCUT2D eigenvalue weighted by Crippen LogP contribution is 2.40. The molecule has 0 aromatic heterocycles. The first kappa shape index (κ1) is 25.2. The summed E-state index contributed by atoms with van der Waals surface area (Å²) in [6.07, 6.45) is -3.86. The van der Waals surface area contributed by atoms with E-state index in [-0.39, 0.29) is 34.9 Å². The van der Waals surface area contributed by atoms with Crippen LogP contribution in [0.1, 0.15) is 28.8 Å². The number of benzene rings is 2. The number of nitrogens with one attached hydrogen (secondary N) is 1. The molecule has 12 heteroatoms. The number of carbonyl (C=O) groups excluding carboxylic acids is 1. The standard InChI is InChI=1S/C22H23F4N3O5/c1-28(2)15-11-16(12-15)34-19-6-4-14(10-17(19)22(24,25)26)27-21(30)13-3-5-20(33-8-7-23)18(9-13)29(31)32/h3-6,9-10,15-16H,7-8,11-12H2,1-2H3,(H,27,30). The summed E-state index contributed by atoms with van der Waals surface area (Å²) < 4.78 is 63.7. The van der Waals surface area contributed by atoms with E-state index in [2.05, 4.69) is 5.32 Å². The van der Waals surface area contributed by atoms with Gasteiger partial charge in [0.05, 0.1) is 10.5 Å². The fourth-order valence-corrected chi connectivity index (χ4v) is 3.44. The van der Waals surface area contributed by atoms with Crippen molar-refractivity contribution in [2.75, 3.05) is 32.7 Å². The zero-order valence-electron chi connectivity index (χ0n) is 18.4. The van der Waals surface area contributed by atoms with Crippen LogP contribution in [0.3, 0.4) is 0 Å². The lowest BCUT2D eigenvalue weighted by Gasteiger charge is -2.39. The molecule has 8 nitrogen and oxygen atoms in total. The Morgan fingerprint density at radius 2 is 1.85 bits per heavy atom. The van der Waals surface area contributed by atoms with Gasteiger partial charge in [0.1, 0.15) is 25.1 Å². The molecule has 184 valence electrons. The molecular formula is C22H23F4N3O5. The Balaban J connectivity index is 1.78. The third kappa shape index (κ3) is 5.93. The number of halogens is 4. The summed E-state index contributed by atoms with van der Waals surface area (Å²) in [6.45, 7) is -1.27. The van der Waals surface area contributed by atoms with E-state index >= 15 is 0 Å². The van der Waals surface area contributed by atoms with Gasteiger partial charge in [0.15, 0.2) is 5.75 Å². The average molecular weight is 485 g/mol. The molecule has 1 amide bonds. The van der Waals surface area contributed by atoms with Gasteiger partial charge in [-0.1, -0.05) is 0 Å². The van der Waals surface area contributed by atoms with Gasteiger partial charge in [-0.05, 0) is 57.3 Å². The van der Waals surface area contributed by atoms with Gasteiger partial charge in [-0.25, -0.2) is 4.39 Å². The molecule has 2 aromatic carbocycles. The smallest absolute Gasteiger partial charge is 0.420 e.